The maximum Gasteiger partial charge on any atom is 0.245 e. The Morgan fingerprint density at radius 3 is 1.94 bits per heavy atom. The van der Waals surface area contributed by atoms with Crippen LogP contribution in [0.25, 0.3) is 11.1 Å². The Hall–Kier alpha value is -3.63. The van der Waals surface area contributed by atoms with Crippen LogP contribution < -0.4 is 4.74 Å². The van der Waals surface area contributed by atoms with Crippen LogP contribution in [0.2, 0.25) is 0 Å². The van der Waals surface area contributed by atoms with Crippen molar-refractivity contribution in [3.8, 4) is 5.75 Å². The van der Waals surface area contributed by atoms with Crippen molar-refractivity contribution in [2.75, 3.05) is 40.8 Å². The average Bonchev–Trinajstić information content (AvgIpc) is 2.88. The van der Waals surface area contributed by atoms with Crippen molar-refractivity contribution in [3.63, 3.8) is 0 Å². The van der Waals surface area contributed by atoms with Gasteiger partial charge in [-0.15, -0.1) is 0 Å². The highest BCUT2D eigenvalue weighted by Crippen LogP contribution is 2.34. The van der Waals surface area contributed by atoms with E-state index in [4.69, 9.17) is 4.74 Å². The number of nitrogens with zero attached hydrogens (tertiary/aromatic N) is 2. The molecule has 0 saturated heterocycles. The van der Waals surface area contributed by atoms with Crippen LogP contribution in [0.3, 0.4) is 0 Å². The number of hydrogen-bond acceptors (Lipinski definition) is 3. The van der Waals surface area contributed by atoms with E-state index < -0.39 is 0 Å². The number of benzene rings is 3. The third-order valence-corrected chi connectivity index (χ3v) is 5.84. The number of carbonyl (C=O) groups excluding carboxylic acids is 1. The molecule has 0 saturated carbocycles. The van der Waals surface area contributed by atoms with Gasteiger partial charge in [-0.3, -0.25) is 9.69 Å². The number of allylic oxidation sites excluding steroid dienone is 1. The SMILES string of the molecule is CC/C(=C(\c1ccccc1)c1ccc(OCCN(C)C/C=C/C(=O)N(C)C)cc1)c1ccccc1. The minimum Gasteiger partial charge on any atom is -0.492 e. The number of amides is 1. The molecule has 0 N–H and O–H groups in total. The monoisotopic (exact) mass is 468 g/mol. The Morgan fingerprint density at radius 1 is 0.800 bits per heavy atom. The summed E-state index contributed by atoms with van der Waals surface area (Å²) in [5, 5.41) is 0. The molecule has 0 aliphatic rings. The Balaban J connectivity index is 1.71. The van der Waals surface area contributed by atoms with Crippen molar-refractivity contribution in [3.05, 3.63) is 114 Å². The fraction of sp³-hybridized carbons (Fsp3) is 0.258. The molecule has 0 unspecified atom stereocenters. The van der Waals surface area contributed by atoms with Crippen LogP contribution >= 0.6 is 0 Å². The zero-order valence-corrected chi connectivity index (χ0v) is 21.3. The second-order valence-electron chi connectivity index (χ2n) is 8.71. The van der Waals surface area contributed by atoms with Gasteiger partial charge in [0.25, 0.3) is 0 Å². The largest absolute Gasteiger partial charge is 0.492 e. The summed E-state index contributed by atoms with van der Waals surface area (Å²) in [4.78, 5) is 15.3. The molecule has 0 radical (unpaired) electrons. The molecule has 0 heterocycles. The van der Waals surface area contributed by atoms with E-state index in [1.165, 1.54) is 27.8 Å². The van der Waals surface area contributed by atoms with Gasteiger partial charge in [0.05, 0.1) is 0 Å². The summed E-state index contributed by atoms with van der Waals surface area (Å²) in [7, 11) is 5.52. The number of rotatable bonds is 11. The fourth-order valence-electron chi connectivity index (χ4n) is 3.90. The molecule has 0 spiro atoms. The Labute approximate surface area is 210 Å². The van der Waals surface area contributed by atoms with Crippen molar-refractivity contribution >= 4 is 17.1 Å². The van der Waals surface area contributed by atoms with Gasteiger partial charge in [-0.2, -0.15) is 0 Å². The molecule has 0 fully saturated rings. The Morgan fingerprint density at radius 2 is 1.37 bits per heavy atom. The van der Waals surface area contributed by atoms with Crippen molar-refractivity contribution < 1.29 is 9.53 Å². The van der Waals surface area contributed by atoms with Gasteiger partial charge < -0.3 is 9.64 Å². The van der Waals surface area contributed by atoms with Crippen molar-refractivity contribution in [2.45, 2.75) is 13.3 Å². The van der Waals surface area contributed by atoms with Crippen LogP contribution in [-0.4, -0.2) is 56.5 Å². The molecule has 3 rings (SSSR count). The molecule has 182 valence electrons. The van der Waals surface area contributed by atoms with Gasteiger partial charge in [0.15, 0.2) is 0 Å². The van der Waals surface area contributed by atoms with E-state index in [-0.39, 0.29) is 5.91 Å². The van der Waals surface area contributed by atoms with E-state index in [1.807, 2.05) is 25.3 Å². The smallest absolute Gasteiger partial charge is 0.245 e. The molecule has 4 heteroatoms. The second-order valence-corrected chi connectivity index (χ2v) is 8.71. The van der Waals surface area contributed by atoms with Gasteiger partial charge in [-0.1, -0.05) is 85.8 Å². The number of carbonyl (C=O) groups is 1. The molecule has 35 heavy (non-hydrogen) atoms. The molecule has 0 atom stereocenters. The van der Waals surface area contributed by atoms with E-state index in [1.54, 1.807) is 25.1 Å². The van der Waals surface area contributed by atoms with E-state index in [2.05, 4.69) is 84.6 Å². The van der Waals surface area contributed by atoms with Crippen LogP contribution in [0, 0.1) is 0 Å². The molecule has 0 aliphatic carbocycles. The molecule has 0 aromatic heterocycles. The lowest BCUT2D eigenvalue weighted by Crippen LogP contribution is -2.25. The lowest BCUT2D eigenvalue weighted by molar-refractivity contribution is -0.123. The molecule has 3 aromatic rings. The van der Waals surface area contributed by atoms with Gasteiger partial charge in [-0.25, -0.2) is 0 Å². The predicted octanol–water partition coefficient (Wildman–Crippen LogP) is 6.01. The third-order valence-electron chi connectivity index (χ3n) is 5.84. The highest BCUT2D eigenvalue weighted by Gasteiger charge is 2.13. The zero-order valence-electron chi connectivity index (χ0n) is 21.3. The highest BCUT2D eigenvalue weighted by atomic mass is 16.5. The summed E-state index contributed by atoms with van der Waals surface area (Å²) in [6.07, 6.45) is 4.42. The van der Waals surface area contributed by atoms with Crippen molar-refractivity contribution in [2.24, 2.45) is 0 Å². The van der Waals surface area contributed by atoms with Gasteiger partial charge in [0.2, 0.25) is 5.91 Å². The fourth-order valence-corrected chi connectivity index (χ4v) is 3.90. The van der Waals surface area contributed by atoms with Crippen LogP contribution in [0.4, 0.5) is 0 Å². The molecule has 4 nitrogen and oxygen atoms in total. The maximum atomic E-state index is 11.6. The first kappa shape index (κ1) is 26.0. The van der Waals surface area contributed by atoms with Crippen molar-refractivity contribution in [1.82, 2.24) is 9.80 Å². The summed E-state index contributed by atoms with van der Waals surface area (Å²) in [5.74, 6) is 0.850. The molecular formula is C31H36N2O2. The lowest BCUT2D eigenvalue weighted by Gasteiger charge is -2.17. The minimum atomic E-state index is -0.00263. The van der Waals surface area contributed by atoms with Gasteiger partial charge in [-0.05, 0) is 53.4 Å². The minimum absolute atomic E-state index is 0.00263. The summed E-state index contributed by atoms with van der Waals surface area (Å²) in [6.45, 7) is 4.26. The summed E-state index contributed by atoms with van der Waals surface area (Å²) < 4.78 is 6.00. The van der Waals surface area contributed by atoms with Crippen LogP contribution in [0.15, 0.2) is 97.1 Å². The van der Waals surface area contributed by atoms with Crippen LogP contribution in [0.5, 0.6) is 5.75 Å². The summed E-state index contributed by atoms with van der Waals surface area (Å²) >= 11 is 0. The quantitative estimate of drug-likeness (QED) is 0.255. The summed E-state index contributed by atoms with van der Waals surface area (Å²) in [5.41, 5.74) is 6.22. The van der Waals surface area contributed by atoms with Crippen LogP contribution in [-0.2, 0) is 4.79 Å². The van der Waals surface area contributed by atoms with Gasteiger partial charge in [0, 0.05) is 33.3 Å². The average molecular weight is 469 g/mol. The summed E-state index contributed by atoms with van der Waals surface area (Å²) in [6, 6.07) is 29.6. The molecule has 1 amide bonds. The molecule has 0 aliphatic heterocycles. The standard InChI is InChI=1S/C31H36N2O2/c1-5-29(25-13-8-6-9-14-25)31(26-15-10-7-11-16-26)27-18-20-28(21-19-27)35-24-23-33(4)22-12-17-30(34)32(2)3/h6-21H,5,22-24H2,1-4H3/b17-12+,31-29-. The molecular weight excluding hydrogens is 432 g/mol. The lowest BCUT2D eigenvalue weighted by atomic mass is 9.88. The predicted molar refractivity (Wildman–Crippen MR) is 146 cm³/mol. The Kier molecular flexibility index (Phi) is 9.88. The van der Waals surface area contributed by atoms with E-state index in [9.17, 15) is 4.79 Å². The third kappa shape index (κ3) is 7.69. The number of likely N-dealkylation sites (N-methyl/N-ethyl adjacent to an activating group) is 2. The maximum absolute atomic E-state index is 11.6. The normalized spacial score (nSPS) is 12.0. The first-order chi connectivity index (χ1) is 17.0. The first-order valence-electron chi connectivity index (χ1n) is 12.1. The molecule has 3 aromatic carbocycles. The molecule has 0 bridgehead atoms. The van der Waals surface area contributed by atoms with Gasteiger partial charge in [0.1, 0.15) is 12.4 Å². The highest BCUT2D eigenvalue weighted by molar-refractivity contribution is 5.98. The zero-order chi connectivity index (χ0) is 25.0. The second kappa shape index (κ2) is 13.3. The first-order valence-corrected chi connectivity index (χ1v) is 12.1. The van der Waals surface area contributed by atoms with Crippen molar-refractivity contribution in [1.29, 1.82) is 0 Å². The van der Waals surface area contributed by atoms with Crippen LogP contribution in [0.1, 0.15) is 30.0 Å². The number of ether oxygens (including phenoxy) is 1. The van der Waals surface area contributed by atoms with Gasteiger partial charge >= 0.3 is 0 Å². The van der Waals surface area contributed by atoms with E-state index in [0.717, 1.165) is 18.7 Å². The Bertz CT molecular complexity index is 1120. The van der Waals surface area contributed by atoms with E-state index >= 15 is 0 Å². The number of hydrogen-bond donors (Lipinski definition) is 0. The van der Waals surface area contributed by atoms with E-state index in [0.29, 0.717) is 13.2 Å². The topological polar surface area (TPSA) is 32.8 Å².